The Morgan fingerprint density at radius 3 is 2.47 bits per heavy atom. The fourth-order valence-electron chi connectivity index (χ4n) is 1.34. The van der Waals surface area contributed by atoms with E-state index in [2.05, 4.69) is 5.16 Å². The van der Waals surface area contributed by atoms with Crippen molar-refractivity contribution in [3.05, 3.63) is 0 Å². The number of oxime groups is 1. The number of hydrogen-bond donors (Lipinski definition) is 3. The third-order valence-corrected chi connectivity index (χ3v) is 2.54. The number of rotatable bonds is 8. The molecule has 110 valence electrons. The highest BCUT2D eigenvalue weighted by molar-refractivity contribution is 5.79. The molecule has 8 heteroatoms. The number of carbonyl (C=O) groups is 2. The van der Waals surface area contributed by atoms with Crippen LogP contribution >= 0.6 is 0 Å². The lowest BCUT2D eigenvalue weighted by atomic mass is 10.1. The number of unbranched alkanes of at least 4 members (excludes halogenated alkanes) is 1. The Balaban J connectivity index is 4.06. The number of ether oxygens (including phenoxy) is 1. The maximum Gasteiger partial charge on any atom is 0.320 e. The van der Waals surface area contributed by atoms with Crippen molar-refractivity contribution in [3.8, 4) is 0 Å². The van der Waals surface area contributed by atoms with Gasteiger partial charge in [0.15, 0.2) is 6.73 Å². The van der Waals surface area contributed by atoms with E-state index in [9.17, 15) is 9.59 Å². The number of carbonyl (C=O) groups excluding carboxylic acids is 1. The average Bonchev–Trinajstić information content (AvgIpc) is 2.36. The maximum atomic E-state index is 10.7. The first-order valence-corrected chi connectivity index (χ1v) is 5.93. The van der Waals surface area contributed by atoms with Crippen LogP contribution in [-0.2, 0) is 14.3 Å². The van der Waals surface area contributed by atoms with Crippen molar-refractivity contribution in [2.24, 2.45) is 10.9 Å². The smallest absolute Gasteiger partial charge is 0.320 e. The predicted molar refractivity (Wildman–Crippen MR) is 67.7 cm³/mol. The van der Waals surface area contributed by atoms with Crippen LogP contribution in [0.15, 0.2) is 5.16 Å². The molecule has 1 atom stereocenters. The number of esters is 1. The monoisotopic (exact) mass is 275 g/mol. The lowest BCUT2D eigenvalue weighted by Crippen LogP contribution is -2.34. The Kier molecular flexibility index (Phi) is 8.27. The molecular formula is C11H21N3O5. The van der Waals surface area contributed by atoms with Gasteiger partial charge in [-0.15, -0.1) is 0 Å². The molecule has 0 amide bonds. The molecule has 0 fully saturated rings. The second-order valence-electron chi connectivity index (χ2n) is 4.12. The van der Waals surface area contributed by atoms with E-state index in [0.29, 0.717) is 31.6 Å². The molecule has 0 spiro atoms. The minimum Gasteiger partial charge on any atom is -0.480 e. The molecule has 0 aliphatic carbocycles. The Labute approximate surface area is 111 Å². The summed E-state index contributed by atoms with van der Waals surface area (Å²) in [7, 11) is 0. The van der Waals surface area contributed by atoms with Crippen molar-refractivity contribution >= 4 is 17.8 Å². The summed E-state index contributed by atoms with van der Waals surface area (Å²) in [4.78, 5) is 22.8. The van der Waals surface area contributed by atoms with E-state index in [-0.39, 0.29) is 6.73 Å². The highest BCUT2D eigenvalue weighted by Crippen LogP contribution is 2.03. The van der Waals surface area contributed by atoms with Gasteiger partial charge in [0.05, 0.1) is 0 Å². The fraction of sp³-hybridized carbons (Fsp3) is 0.727. The summed E-state index contributed by atoms with van der Waals surface area (Å²) in [5.74, 6) is -1.13. The highest BCUT2D eigenvalue weighted by Gasteiger charge is 2.12. The standard InChI is InChI=1S/C11H21N3O5/c1-8(13-18)14(7-19-9(2)15)6-4-3-5-10(12)11(16)17/h10,18H,3-7,12H2,1-2H3,(H,16,17)/b13-8-/t10-/m0/s1. The summed E-state index contributed by atoms with van der Waals surface area (Å²) in [5.41, 5.74) is 5.37. The van der Waals surface area contributed by atoms with Gasteiger partial charge in [0.2, 0.25) is 0 Å². The van der Waals surface area contributed by atoms with Gasteiger partial charge in [0.1, 0.15) is 11.9 Å². The van der Waals surface area contributed by atoms with Crippen molar-refractivity contribution in [3.63, 3.8) is 0 Å². The molecule has 0 radical (unpaired) electrons. The molecule has 0 aliphatic heterocycles. The summed E-state index contributed by atoms with van der Waals surface area (Å²) in [6.07, 6.45) is 1.63. The molecular weight excluding hydrogens is 254 g/mol. The molecule has 0 saturated carbocycles. The minimum atomic E-state index is -1.02. The van der Waals surface area contributed by atoms with Crippen molar-refractivity contribution in [2.45, 2.75) is 39.2 Å². The van der Waals surface area contributed by atoms with E-state index in [4.69, 9.17) is 20.8 Å². The molecule has 0 aliphatic rings. The van der Waals surface area contributed by atoms with Crippen molar-refractivity contribution in [1.82, 2.24) is 4.90 Å². The van der Waals surface area contributed by atoms with Crippen LogP contribution < -0.4 is 5.73 Å². The first-order valence-electron chi connectivity index (χ1n) is 5.93. The number of hydrogen-bond acceptors (Lipinski definition) is 6. The van der Waals surface area contributed by atoms with E-state index < -0.39 is 18.0 Å². The van der Waals surface area contributed by atoms with Crippen LogP contribution in [0.2, 0.25) is 0 Å². The third-order valence-electron chi connectivity index (χ3n) is 2.54. The summed E-state index contributed by atoms with van der Waals surface area (Å²) in [6, 6.07) is -0.866. The summed E-state index contributed by atoms with van der Waals surface area (Å²) < 4.78 is 4.82. The van der Waals surface area contributed by atoms with Crippen molar-refractivity contribution in [1.29, 1.82) is 0 Å². The van der Waals surface area contributed by atoms with Crippen LogP contribution in [0.25, 0.3) is 0 Å². The zero-order valence-corrected chi connectivity index (χ0v) is 11.2. The van der Waals surface area contributed by atoms with E-state index in [1.165, 1.54) is 6.92 Å². The van der Waals surface area contributed by atoms with Crippen molar-refractivity contribution < 1.29 is 24.6 Å². The molecule has 0 unspecified atom stereocenters. The van der Waals surface area contributed by atoms with Crippen LogP contribution in [0.3, 0.4) is 0 Å². The van der Waals surface area contributed by atoms with Crippen LogP contribution in [0.4, 0.5) is 0 Å². The number of amidine groups is 1. The zero-order valence-electron chi connectivity index (χ0n) is 11.2. The van der Waals surface area contributed by atoms with Gasteiger partial charge in [-0.1, -0.05) is 5.16 Å². The Bertz CT molecular complexity index is 332. The quantitative estimate of drug-likeness (QED) is 0.110. The second kappa shape index (κ2) is 9.15. The molecule has 8 nitrogen and oxygen atoms in total. The SMILES string of the molecule is CC(=O)OCN(CCCC[C@H](N)C(=O)O)/C(C)=N\O. The number of nitrogens with zero attached hydrogens (tertiary/aromatic N) is 2. The largest absolute Gasteiger partial charge is 0.480 e. The second-order valence-corrected chi connectivity index (χ2v) is 4.12. The predicted octanol–water partition coefficient (Wildman–Crippen LogP) is 0.199. The van der Waals surface area contributed by atoms with E-state index >= 15 is 0 Å². The molecule has 0 bridgehead atoms. The zero-order chi connectivity index (χ0) is 14.8. The Morgan fingerprint density at radius 1 is 1.37 bits per heavy atom. The van der Waals surface area contributed by atoms with Crippen LogP contribution in [0.1, 0.15) is 33.1 Å². The molecule has 0 saturated heterocycles. The molecule has 0 rings (SSSR count). The topological polar surface area (TPSA) is 125 Å². The summed E-state index contributed by atoms with van der Waals surface area (Å²) in [5, 5.41) is 20.4. The lowest BCUT2D eigenvalue weighted by Gasteiger charge is -2.22. The Morgan fingerprint density at radius 2 is 2.00 bits per heavy atom. The number of carboxylic acid groups (broad SMARTS) is 1. The van der Waals surface area contributed by atoms with E-state index in [0.717, 1.165) is 0 Å². The van der Waals surface area contributed by atoms with Gasteiger partial charge < -0.3 is 25.7 Å². The van der Waals surface area contributed by atoms with Gasteiger partial charge in [-0.05, 0) is 26.2 Å². The number of carboxylic acids is 1. The molecule has 0 aromatic rings. The fourth-order valence-corrected chi connectivity index (χ4v) is 1.34. The van der Waals surface area contributed by atoms with Gasteiger partial charge in [-0.3, -0.25) is 9.59 Å². The third kappa shape index (κ3) is 7.98. The van der Waals surface area contributed by atoms with Gasteiger partial charge in [0, 0.05) is 13.5 Å². The average molecular weight is 275 g/mol. The molecule has 0 aromatic carbocycles. The van der Waals surface area contributed by atoms with Gasteiger partial charge in [0.25, 0.3) is 0 Å². The molecule has 19 heavy (non-hydrogen) atoms. The first kappa shape index (κ1) is 17.2. The maximum absolute atomic E-state index is 10.7. The molecule has 0 aromatic heterocycles. The van der Waals surface area contributed by atoms with Crippen LogP contribution in [-0.4, -0.2) is 52.3 Å². The van der Waals surface area contributed by atoms with Crippen LogP contribution in [0, 0.1) is 0 Å². The number of nitrogens with two attached hydrogens (primary N) is 1. The normalized spacial score (nSPS) is 12.9. The van der Waals surface area contributed by atoms with Gasteiger partial charge >= 0.3 is 11.9 Å². The Hall–Kier alpha value is -1.83. The van der Waals surface area contributed by atoms with Crippen LogP contribution in [0.5, 0.6) is 0 Å². The molecule has 0 heterocycles. The van der Waals surface area contributed by atoms with Crippen molar-refractivity contribution in [2.75, 3.05) is 13.3 Å². The number of aliphatic carboxylic acids is 1. The lowest BCUT2D eigenvalue weighted by molar-refractivity contribution is -0.144. The van der Waals surface area contributed by atoms with Gasteiger partial charge in [-0.25, -0.2) is 0 Å². The molecule has 4 N–H and O–H groups in total. The summed E-state index contributed by atoms with van der Waals surface area (Å²) >= 11 is 0. The van der Waals surface area contributed by atoms with E-state index in [1.54, 1.807) is 11.8 Å². The van der Waals surface area contributed by atoms with Gasteiger partial charge in [-0.2, -0.15) is 0 Å². The minimum absolute atomic E-state index is 0.00376. The van der Waals surface area contributed by atoms with E-state index in [1.807, 2.05) is 0 Å². The summed E-state index contributed by atoms with van der Waals surface area (Å²) in [6.45, 7) is 3.34. The first-order chi connectivity index (χ1) is 8.88. The highest BCUT2D eigenvalue weighted by atomic mass is 16.5.